The van der Waals surface area contributed by atoms with Gasteiger partial charge in [0.25, 0.3) is 0 Å². The van der Waals surface area contributed by atoms with Gasteiger partial charge in [0.15, 0.2) is 11.6 Å². The standard InChI is InChI=1S/C20H21F2NO3/c1-20-9-3-4-14(6-8-18(25)26-2)19(20)23(17(24)11-20)12-13-5-7-15(21)16(22)10-13/h5-8,10H,3-4,9,11-12H2,1-2H3. The number of hydrogen-bond acceptors (Lipinski definition) is 3. The number of likely N-dealkylation sites (tertiary alicyclic amines) is 1. The van der Waals surface area contributed by atoms with Crippen molar-refractivity contribution in [2.24, 2.45) is 5.41 Å². The Hall–Kier alpha value is -2.50. The maximum Gasteiger partial charge on any atom is 0.330 e. The Bertz CT molecular complexity index is 815. The Morgan fingerprint density at radius 3 is 2.81 bits per heavy atom. The van der Waals surface area contributed by atoms with Gasteiger partial charge in [-0.1, -0.05) is 19.1 Å². The fraction of sp³-hybridized carbons (Fsp3) is 0.400. The third-order valence-corrected chi connectivity index (χ3v) is 5.11. The third-order valence-electron chi connectivity index (χ3n) is 5.11. The Morgan fingerprint density at radius 1 is 1.35 bits per heavy atom. The number of halogens is 2. The number of fused-ring (bicyclic) bond motifs is 1. The molecule has 4 nitrogen and oxygen atoms in total. The average Bonchev–Trinajstić information content (AvgIpc) is 2.86. The molecule has 1 saturated heterocycles. The molecule has 1 aromatic rings. The number of carbonyl (C=O) groups excluding carboxylic acids is 2. The van der Waals surface area contributed by atoms with Crippen LogP contribution in [0.2, 0.25) is 0 Å². The van der Waals surface area contributed by atoms with Crippen LogP contribution in [-0.4, -0.2) is 23.9 Å². The number of amides is 1. The summed E-state index contributed by atoms with van der Waals surface area (Å²) in [7, 11) is 1.31. The van der Waals surface area contributed by atoms with E-state index in [2.05, 4.69) is 4.74 Å². The minimum Gasteiger partial charge on any atom is -0.466 e. The molecule has 2 aliphatic rings. The van der Waals surface area contributed by atoms with E-state index in [1.54, 1.807) is 11.0 Å². The van der Waals surface area contributed by atoms with E-state index in [1.807, 2.05) is 6.92 Å². The molecule has 1 fully saturated rings. The van der Waals surface area contributed by atoms with Gasteiger partial charge in [-0.3, -0.25) is 4.79 Å². The second-order valence-electron chi connectivity index (χ2n) is 7.05. The Labute approximate surface area is 151 Å². The van der Waals surface area contributed by atoms with Gasteiger partial charge in [0.05, 0.1) is 13.7 Å². The van der Waals surface area contributed by atoms with E-state index < -0.39 is 17.6 Å². The number of esters is 1. The highest BCUT2D eigenvalue weighted by molar-refractivity contribution is 5.85. The molecule has 0 radical (unpaired) electrons. The van der Waals surface area contributed by atoms with E-state index in [0.717, 1.165) is 42.7 Å². The summed E-state index contributed by atoms with van der Waals surface area (Å²) in [6.07, 6.45) is 5.98. The van der Waals surface area contributed by atoms with Crippen LogP contribution in [0.4, 0.5) is 8.78 Å². The van der Waals surface area contributed by atoms with Gasteiger partial charge in [-0.15, -0.1) is 0 Å². The fourth-order valence-electron chi connectivity index (χ4n) is 3.91. The predicted octanol–water partition coefficient (Wildman–Crippen LogP) is 3.87. The maximum atomic E-state index is 13.5. The van der Waals surface area contributed by atoms with Crippen molar-refractivity contribution >= 4 is 11.9 Å². The van der Waals surface area contributed by atoms with Crippen LogP contribution in [0.1, 0.15) is 38.2 Å². The summed E-state index contributed by atoms with van der Waals surface area (Å²) in [6.45, 7) is 2.22. The zero-order valence-corrected chi connectivity index (χ0v) is 14.9. The van der Waals surface area contributed by atoms with Crippen LogP contribution in [0.3, 0.4) is 0 Å². The molecule has 1 aliphatic carbocycles. The molecule has 3 rings (SSSR count). The summed E-state index contributed by atoms with van der Waals surface area (Å²) in [4.78, 5) is 25.7. The van der Waals surface area contributed by atoms with Crippen LogP contribution in [0.5, 0.6) is 0 Å². The van der Waals surface area contributed by atoms with Gasteiger partial charge in [0.2, 0.25) is 5.91 Å². The topological polar surface area (TPSA) is 46.6 Å². The van der Waals surface area contributed by atoms with Crippen LogP contribution in [0.25, 0.3) is 0 Å². The van der Waals surface area contributed by atoms with Gasteiger partial charge in [0, 0.05) is 23.6 Å². The van der Waals surface area contributed by atoms with E-state index >= 15 is 0 Å². The zero-order valence-electron chi connectivity index (χ0n) is 14.9. The lowest BCUT2D eigenvalue weighted by Gasteiger charge is -2.34. The predicted molar refractivity (Wildman–Crippen MR) is 91.7 cm³/mol. The van der Waals surface area contributed by atoms with Crippen LogP contribution < -0.4 is 0 Å². The largest absolute Gasteiger partial charge is 0.466 e. The molecule has 0 aromatic heterocycles. The van der Waals surface area contributed by atoms with Gasteiger partial charge in [0.1, 0.15) is 0 Å². The van der Waals surface area contributed by atoms with Crippen molar-refractivity contribution < 1.29 is 23.1 Å². The number of allylic oxidation sites excluding steroid dienone is 3. The van der Waals surface area contributed by atoms with Crippen molar-refractivity contribution in [3.63, 3.8) is 0 Å². The molecular weight excluding hydrogens is 340 g/mol. The Morgan fingerprint density at radius 2 is 2.12 bits per heavy atom. The van der Waals surface area contributed by atoms with Gasteiger partial charge < -0.3 is 9.64 Å². The van der Waals surface area contributed by atoms with Gasteiger partial charge >= 0.3 is 5.97 Å². The smallest absolute Gasteiger partial charge is 0.330 e. The van der Waals surface area contributed by atoms with Crippen molar-refractivity contribution in [2.75, 3.05) is 7.11 Å². The highest BCUT2D eigenvalue weighted by atomic mass is 19.2. The third kappa shape index (κ3) is 3.41. The molecule has 0 bridgehead atoms. The second-order valence-corrected chi connectivity index (χ2v) is 7.05. The molecule has 1 unspecified atom stereocenters. The van der Waals surface area contributed by atoms with E-state index in [9.17, 15) is 18.4 Å². The summed E-state index contributed by atoms with van der Waals surface area (Å²) in [5.74, 6) is -2.34. The molecule has 1 aliphatic heterocycles. The van der Waals surface area contributed by atoms with E-state index in [4.69, 9.17) is 0 Å². The van der Waals surface area contributed by atoms with Gasteiger partial charge in [-0.2, -0.15) is 0 Å². The van der Waals surface area contributed by atoms with Gasteiger partial charge in [-0.05, 0) is 42.5 Å². The van der Waals surface area contributed by atoms with Crippen molar-refractivity contribution in [2.45, 2.75) is 39.2 Å². The minimum absolute atomic E-state index is 0.0434. The molecule has 1 atom stereocenters. The molecule has 138 valence electrons. The van der Waals surface area contributed by atoms with Crippen LogP contribution >= 0.6 is 0 Å². The first-order chi connectivity index (χ1) is 12.3. The molecule has 1 aromatic carbocycles. The number of nitrogens with zero attached hydrogens (tertiary/aromatic N) is 1. The summed E-state index contributed by atoms with van der Waals surface area (Å²) in [5, 5.41) is 0. The molecule has 0 N–H and O–H groups in total. The SMILES string of the molecule is COC(=O)C=CC1=C2N(Cc3ccc(F)c(F)c3)C(=O)CC2(C)CCC1. The molecular formula is C20H21F2NO3. The van der Waals surface area contributed by atoms with Crippen molar-refractivity contribution in [1.29, 1.82) is 0 Å². The lowest BCUT2D eigenvalue weighted by Crippen LogP contribution is -2.28. The Balaban J connectivity index is 1.98. The van der Waals surface area contributed by atoms with Crippen LogP contribution in [0, 0.1) is 17.0 Å². The normalized spacial score (nSPS) is 22.9. The van der Waals surface area contributed by atoms with E-state index in [0.29, 0.717) is 12.0 Å². The molecule has 0 spiro atoms. The molecule has 26 heavy (non-hydrogen) atoms. The lowest BCUT2D eigenvalue weighted by molar-refractivity contribution is -0.134. The summed E-state index contributed by atoms with van der Waals surface area (Å²) < 4.78 is 31.3. The summed E-state index contributed by atoms with van der Waals surface area (Å²) >= 11 is 0. The maximum absolute atomic E-state index is 13.5. The number of carbonyl (C=O) groups is 2. The molecule has 6 heteroatoms. The molecule has 1 heterocycles. The first-order valence-electron chi connectivity index (χ1n) is 8.58. The molecule has 0 saturated carbocycles. The monoisotopic (exact) mass is 361 g/mol. The average molecular weight is 361 g/mol. The number of methoxy groups -OCH3 is 1. The first-order valence-corrected chi connectivity index (χ1v) is 8.58. The number of rotatable bonds is 4. The quantitative estimate of drug-likeness (QED) is 0.604. The number of hydrogen-bond donors (Lipinski definition) is 0. The van der Waals surface area contributed by atoms with Crippen molar-refractivity contribution in [3.05, 3.63) is 58.8 Å². The highest BCUT2D eigenvalue weighted by Gasteiger charge is 2.46. The summed E-state index contributed by atoms with van der Waals surface area (Å²) in [5.41, 5.74) is 2.01. The van der Waals surface area contributed by atoms with E-state index in [-0.39, 0.29) is 17.9 Å². The fourth-order valence-corrected chi connectivity index (χ4v) is 3.91. The number of benzene rings is 1. The Kier molecular flexibility index (Phi) is 4.94. The zero-order chi connectivity index (χ0) is 18.9. The van der Waals surface area contributed by atoms with E-state index in [1.165, 1.54) is 19.3 Å². The summed E-state index contributed by atoms with van der Waals surface area (Å²) in [6, 6.07) is 3.66. The van der Waals surface area contributed by atoms with Crippen LogP contribution in [0.15, 0.2) is 41.6 Å². The minimum atomic E-state index is -0.930. The van der Waals surface area contributed by atoms with Crippen molar-refractivity contribution in [1.82, 2.24) is 4.90 Å². The second kappa shape index (κ2) is 7.02. The van der Waals surface area contributed by atoms with Crippen molar-refractivity contribution in [3.8, 4) is 0 Å². The lowest BCUT2D eigenvalue weighted by atomic mass is 9.74. The highest BCUT2D eigenvalue weighted by Crippen LogP contribution is 2.50. The van der Waals surface area contributed by atoms with Gasteiger partial charge in [-0.25, -0.2) is 13.6 Å². The van der Waals surface area contributed by atoms with Crippen LogP contribution in [-0.2, 0) is 20.9 Å². The molecule has 1 amide bonds. The first kappa shape index (κ1) is 18.3. The number of ether oxygens (including phenoxy) is 1.